The second kappa shape index (κ2) is 3.92. The minimum absolute atomic E-state index is 0.952. The van der Waals surface area contributed by atoms with Gasteiger partial charge in [0.05, 0.1) is 5.52 Å². The Balaban J connectivity index is 2.06. The van der Waals surface area contributed by atoms with E-state index in [-0.39, 0.29) is 0 Å². The van der Waals surface area contributed by atoms with Gasteiger partial charge >= 0.3 is 0 Å². The van der Waals surface area contributed by atoms with Gasteiger partial charge in [0.2, 0.25) is 0 Å². The number of rotatable bonds is 0. The van der Waals surface area contributed by atoms with E-state index in [0.717, 1.165) is 11.2 Å². The Labute approximate surface area is 127 Å². The van der Waals surface area contributed by atoms with E-state index in [4.69, 9.17) is 4.42 Å². The summed E-state index contributed by atoms with van der Waals surface area (Å²) in [7, 11) is 2.12. The molecule has 5 rings (SSSR count). The van der Waals surface area contributed by atoms with Crippen LogP contribution in [0.2, 0.25) is 0 Å². The number of fused-ring (bicyclic) bond motifs is 6. The van der Waals surface area contributed by atoms with Gasteiger partial charge in [0.1, 0.15) is 11.2 Å². The first-order valence-corrected chi connectivity index (χ1v) is 7.52. The van der Waals surface area contributed by atoms with Crippen molar-refractivity contribution in [1.82, 2.24) is 4.57 Å². The molecule has 22 heavy (non-hydrogen) atoms. The molecule has 0 N–H and O–H groups in total. The Morgan fingerprint density at radius 3 is 2.45 bits per heavy atom. The van der Waals surface area contributed by atoms with E-state index in [9.17, 15) is 0 Å². The molecular formula is C20H15NO. The van der Waals surface area contributed by atoms with Crippen molar-refractivity contribution >= 4 is 43.7 Å². The molecule has 5 aromatic rings. The average molecular weight is 285 g/mol. The summed E-state index contributed by atoms with van der Waals surface area (Å²) in [6.07, 6.45) is 0. The highest BCUT2D eigenvalue weighted by Crippen LogP contribution is 2.36. The van der Waals surface area contributed by atoms with Crippen LogP contribution in [0.1, 0.15) is 5.56 Å². The van der Waals surface area contributed by atoms with Crippen LogP contribution in [0.3, 0.4) is 0 Å². The summed E-state index contributed by atoms with van der Waals surface area (Å²) in [6, 6.07) is 19.3. The van der Waals surface area contributed by atoms with Crippen molar-refractivity contribution in [3.8, 4) is 0 Å². The highest BCUT2D eigenvalue weighted by Gasteiger charge is 2.13. The fourth-order valence-electron chi connectivity index (χ4n) is 3.54. The quantitative estimate of drug-likeness (QED) is 0.365. The number of furan rings is 1. The normalized spacial score (nSPS) is 12.1. The third kappa shape index (κ3) is 1.39. The van der Waals surface area contributed by atoms with E-state index in [2.05, 4.69) is 61.0 Å². The Kier molecular flexibility index (Phi) is 2.11. The van der Waals surface area contributed by atoms with Gasteiger partial charge in [-0.05, 0) is 31.2 Å². The summed E-state index contributed by atoms with van der Waals surface area (Å²) in [5, 5.41) is 4.98. The van der Waals surface area contributed by atoms with Crippen LogP contribution in [0.15, 0.2) is 59.0 Å². The molecule has 0 aliphatic carbocycles. The molecule has 0 aliphatic rings. The van der Waals surface area contributed by atoms with Crippen LogP contribution in [0, 0.1) is 6.92 Å². The molecule has 0 spiro atoms. The minimum atomic E-state index is 0.952. The number of benzene rings is 3. The molecule has 2 nitrogen and oxygen atoms in total. The van der Waals surface area contributed by atoms with Crippen molar-refractivity contribution in [2.24, 2.45) is 7.05 Å². The monoisotopic (exact) mass is 285 g/mol. The lowest BCUT2D eigenvalue weighted by Crippen LogP contribution is -1.85. The van der Waals surface area contributed by atoms with Crippen molar-refractivity contribution < 1.29 is 4.42 Å². The van der Waals surface area contributed by atoms with Gasteiger partial charge in [0, 0.05) is 40.2 Å². The first-order valence-electron chi connectivity index (χ1n) is 7.52. The van der Waals surface area contributed by atoms with E-state index >= 15 is 0 Å². The van der Waals surface area contributed by atoms with Crippen LogP contribution in [-0.2, 0) is 7.05 Å². The Morgan fingerprint density at radius 2 is 1.55 bits per heavy atom. The molecule has 2 aromatic heterocycles. The smallest absolute Gasteiger partial charge is 0.137 e. The molecule has 2 heteroatoms. The zero-order chi connectivity index (χ0) is 14.8. The minimum Gasteiger partial charge on any atom is -0.456 e. The van der Waals surface area contributed by atoms with Gasteiger partial charge in [-0.1, -0.05) is 29.8 Å². The van der Waals surface area contributed by atoms with Crippen LogP contribution in [0.5, 0.6) is 0 Å². The van der Waals surface area contributed by atoms with Gasteiger partial charge in [0.15, 0.2) is 0 Å². The molecule has 0 bridgehead atoms. The third-order valence-corrected chi connectivity index (χ3v) is 4.66. The maximum Gasteiger partial charge on any atom is 0.137 e. The Morgan fingerprint density at radius 1 is 0.727 bits per heavy atom. The average Bonchev–Trinajstić information content (AvgIpc) is 3.02. The number of nitrogens with zero attached hydrogens (tertiary/aromatic N) is 1. The van der Waals surface area contributed by atoms with Crippen molar-refractivity contribution in [3.05, 3.63) is 60.2 Å². The summed E-state index contributed by atoms with van der Waals surface area (Å²) in [5.74, 6) is 0. The molecule has 0 aliphatic heterocycles. The van der Waals surface area contributed by atoms with Crippen molar-refractivity contribution in [2.75, 3.05) is 0 Å². The molecule has 3 aromatic carbocycles. The summed E-state index contributed by atoms with van der Waals surface area (Å²) in [4.78, 5) is 0. The maximum absolute atomic E-state index is 6.02. The fraction of sp³-hybridized carbons (Fsp3) is 0.100. The number of para-hydroxylation sites is 1. The molecular weight excluding hydrogens is 270 g/mol. The summed E-state index contributed by atoms with van der Waals surface area (Å²) in [5.41, 5.74) is 5.67. The number of aromatic nitrogens is 1. The van der Waals surface area contributed by atoms with Gasteiger partial charge in [-0.2, -0.15) is 0 Å². The number of aryl methyl sites for hydroxylation is 2. The molecule has 0 fully saturated rings. The first-order chi connectivity index (χ1) is 10.7. The fourth-order valence-corrected chi connectivity index (χ4v) is 3.54. The van der Waals surface area contributed by atoms with Gasteiger partial charge < -0.3 is 8.98 Å². The van der Waals surface area contributed by atoms with Crippen molar-refractivity contribution in [2.45, 2.75) is 6.92 Å². The standard InChI is InChI=1S/C20H15NO/c1-12-7-8-17-14(9-12)15-10-16-13-5-3-4-6-19(13)22-20(16)11-18(15)21(17)2/h3-11H,1-2H3. The Bertz CT molecular complexity index is 1190. The molecule has 2 heterocycles. The number of hydrogen-bond donors (Lipinski definition) is 0. The van der Waals surface area contributed by atoms with E-state index in [1.807, 2.05) is 12.1 Å². The van der Waals surface area contributed by atoms with Crippen LogP contribution < -0.4 is 0 Å². The van der Waals surface area contributed by atoms with E-state index in [0.29, 0.717) is 0 Å². The lowest BCUT2D eigenvalue weighted by molar-refractivity contribution is 0.669. The molecule has 0 unspecified atom stereocenters. The van der Waals surface area contributed by atoms with Crippen LogP contribution >= 0.6 is 0 Å². The number of hydrogen-bond acceptors (Lipinski definition) is 1. The van der Waals surface area contributed by atoms with E-state index in [1.165, 1.54) is 38.1 Å². The van der Waals surface area contributed by atoms with Gasteiger partial charge in [-0.25, -0.2) is 0 Å². The predicted molar refractivity (Wildman–Crippen MR) is 92.4 cm³/mol. The van der Waals surface area contributed by atoms with Crippen LogP contribution in [0.25, 0.3) is 43.7 Å². The first kappa shape index (κ1) is 11.9. The van der Waals surface area contributed by atoms with Crippen LogP contribution in [-0.4, -0.2) is 4.57 Å². The molecule has 0 saturated heterocycles. The second-order valence-corrected chi connectivity index (χ2v) is 6.04. The molecule has 0 amide bonds. The zero-order valence-electron chi connectivity index (χ0n) is 12.6. The zero-order valence-corrected chi connectivity index (χ0v) is 12.6. The van der Waals surface area contributed by atoms with Crippen molar-refractivity contribution in [3.63, 3.8) is 0 Å². The highest BCUT2D eigenvalue weighted by atomic mass is 16.3. The molecule has 106 valence electrons. The summed E-state index contributed by atoms with van der Waals surface area (Å²) in [6.45, 7) is 2.14. The van der Waals surface area contributed by atoms with Crippen LogP contribution in [0.4, 0.5) is 0 Å². The van der Waals surface area contributed by atoms with Gasteiger partial charge in [0.25, 0.3) is 0 Å². The van der Waals surface area contributed by atoms with E-state index in [1.54, 1.807) is 0 Å². The van der Waals surface area contributed by atoms with Crippen molar-refractivity contribution in [1.29, 1.82) is 0 Å². The SMILES string of the molecule is Cc1ccc2c(c1)c1cc3c(cc1n2C)oc1ccccc13. The molecule has 0 radical (unpaired) electrons. The lowest BCUT2D eigenvalue weighted by atomic mass is 10.1. The summed E-state index contributed by atoms with van der Waals surface area (Å²) >= 11 is 0. The van der Waals surface area contributed by atoms with E-state index < -0.39 is 0 Å². The topological polar surface area (TPSA) is 18.1 Å². The summed E-state index contributed by atoms with van der Waals surface area (Å²) < 4.78 is 8.27. The van der Waals surface area contributed by atoms with Gasteiger partial charge in [-0.3, -0.25) is 0 Å². The predicted octanol–water partition coefficient (Wildman–Crippen LogP) is 5.54. The van der Waals surface area contributed by atoms with Gasteiger partial charge in [-0.15, -0.1) is 0 Å². The molecule has 0 saturated carbocycles. The Hall–Kier alpha value is -2.74. The largest absolute Gasteiger partial charge is 0.456 e. The second-order valence-electron chi connectivity index (χ2n) is 6.04. The third-order valence-electron chi connectivity index (χ3n) is 4.66. The molecule has 0 atom stereocenters. The highest BCUT2D eigenvalue weighted by molar-refractivity contribution is 6.16. The lowest BCUT2D eigenvalue weighted by Gasteiger charge is -1.97. The maximum atomic E-state index is 6.02.